The lowest BCUT2D eigenvalue weighted by Crippen LogP contribution is -2.16. The number of hydrogen-bond acceptors (Lipinski definition) is 8. The minimum absolute atomic E-state index is 0.0890. The lowest BCUT2D eigenvalue weighted by Gasteiger charge is -2.28. The van der Waals surface area contributed by atoms with Crippen molar-refractivity contribution in [1.82, 2.24) is 28.7 Å². The summed E-state index contributed by atoms with van der Waals surface area (Å²) in [6.45, 7) is 6.84. The number of anilines is 9. The van der Waals surface area contributed by atoms with E-state index in [0.717, 1.165) is 102 Å². The predicted octanol–water partition coefficient (Wildman–Crippen LogP) is 35.3. The maximum atomic E-state index is 4.32. The fraction of sp³-hybridized carbons (Fsp3) is 0.0315. The Morgan fingerprint density at radius 1 is 0.225 bits per heavy atom. The zero-order valence-corrected chi connectivity index (χ0v) is 77.7. The van der Waals surface area contributed by atoms with E-state index in [0.29, 0.717) is 0 Å². The number of rotatable bonds is 15. The van der Waals surface area contributed by atoms with Crippen LogP contribution < -0.4 is 14.7 Å². The number of benzene rings is 18. The number of aryl methyl sites for hydroxylation is 1. The molecule has 8 heterocycles. The summed E-state index contributed by atoms with van der Waals surface area (Å²) in [5, 5.41) is 12.5. The van der Waals surface area contributed by atoms with Crippen molar-refractivity contribution < 1.29 is 0 Å². The van der Waals surface area contributed by atoms with Crippen LogP contribution in [-0.2, 0) is 5.41 Å². The predicted molar refractivity (Wildman–Crippen MR) is 584 cm³/mol. The molecule has 9 nitrogen and oxygen atoms in total. The molecule has 0 radical (unpaired) electrons. The van der Waals surface area contributed by atoms with Crippen LogP contribution in [0.3, 0.4) is 0 Å². The van der Waals surface area contributed by atoms with Crippen molar-refractivity contribution in [2.24, 2.45) is 0 Å². The van der Waals surface area contributed by atoms with E-state index in [9.17, 15) is 0 Å². The molecule has 0 fully saturated rings. The zero-order chi connectivity index (χ0) is 91.9. The van der Waals surface area contributed by atoms with Gasteiger partial charge in [-0.15, -0.1) is 22.7 Å². The first-order chi connectivity index (χ1) is 68.1. The zero-order valence-electron chi connectivity index (χ0n) is 76.0. The standard InChI is InChI=1S/C44H33N3.C42H29N3S.C41H27N3S/c1-44(2)38-17-8-6-15-35(38)36-26-25-34(28-39(36)44)46(32-13-4-3-5-14-32)41-19-10-20-42-43(41)37-16-7-9-18-40(37)47(42)33-23-21-30(22-24-33)31-12-11-27-45-29-31;1-28-15-19-31(20-16-28)44(33-23-24-41-36(26-33)34-9-3-5-14-40(34)46-41)38-12-6-13-39-42(38)35-10-2-4-11-37(35)45(39)32-21-17-29(18-22-32)30-8-7-25-43-27-30;1-2-11-30(12-3-1)43(32-23-24-40-35(26-32)33-13-5-7-18-39(33)45-40)37-16-8-17-38-41(37)34-14-4-6-15-36(34)44(38)31-21-19-28(20-22-31)29-10-9-25-42-27-29/h3-29H,1-2H3;2-27H,1H3;1-27H. The monoisotopic (exact) mass is 1800 g/mol. The van der Waals surface area contributed by atoms with E-state index in [1.54, 1.807) is 0 Å². The second-order valence-electron chi connectivity index (χ2n) is 35.9. The average molecular weight is 1810 g/mol. The van der Waals surface area contributed by atoms with Crippen molar-refractivity contribution in [3.05, 3.63) is 503 Å². The smallest absolute Gasteiger partial charge is 0.0562 e. The SMILES string of the molecule is CC1(C)c2ccccc2-c2ccc(N(c3ccccc3)c3cccc4c3c3ccccc3n4-c3ccc(-c4cccnc4)cc3)cc21.Cc1ccc(N(c2ccc3sc4ccccc4c3c2)c2cccc3c2c2ccccc2n3-c2ccc(-c3cccnc3)cc2)cc1.c1ccc(N(c2ccc3sc4ccccc4c3c2)c2cccc3c2c2ccccc2n3-c2ccc(-c3cccnc3)cc2)cc1. The lowest BCUT2D eigenvalue weighted by atomic mass is 9.82. The number of hydrogen-bond donors (Lipinski definition) is 0. The molecule has 0 saturated carbocycles. The van der Waals surface area contributed by atoms with Gasteiger partial charge in [-0.25, -0.2) is 0 Å². The quantitative estimate of drug-likeness (QED) is 0.102. The Morgan fingerprint density at radius 2 is 0.543 bits per heavy atom. The van der Waals surface area contributed by atoms with Crippen molar-refractivity contribution in [2.75, 3.05) is 14.7 Å². The minimum Gasteiger partial charge on any atom is -0.310 e. The summed E-state index contributed by atoms with van der Waals surface area (Å²) in [5.74, 6) is 0. The molecule has 0 amide bonds. The first kappa shape index (κ1) is 82.5. The number of nitrogens with zero attached hydrogens (tertiary/aromatic N) is 9. The van der Waals surface area contributed by atoms with Crippen molar-refractivity contribution in [3.63, 3.8) is 0 Å². The fourth-order valence-electron chi connectivity index (χ4n) is 21.1. The third kappa shape index (κ3) is 14.4. The summed E-state index contributed by atoms with van der Waals surface area (Å²) >= 11 is 3.71. The second-order valence-corrected chi connectivity index (χ2v) is 38.1. The summed E-state index contributed by atoms with van der Waals surface area (Å²) in [6, 6.07) is 163. The maximum Gasteiger partial charge on any atom is 0.0562 e. The molecule has 0 bridgehead atoms. The molecular formula is C127H89N9S2. The normalized spacial score (nSPS) is 12.1. The Balaban J connectivity index is 0.000000110. The highest BCUT2D eigenvalue weighted by atomic mass is 32.1. The third-order valence-corrected chi connectivity index (χ3v) is 29.8. The van der Waals surface area contributed by atoms with E-state index in [-0.39, 0.29) is 5.41 Å². The first-order valence-electron chi connectivity index (χ1n) is 46.9. The molecule has 27 rings (SSSR count). The van der Waals surface area contributed by atoms with Crippen molar-refractivity contribution in [2.45, 2.75) is 26.2 Å². The first-order valence-corrected chi connectivity index (χ1v) is 48.5. The summed E-state index contributed by atoms with van der Waals surface area (Å²) in [7, 11) is 0. The fourth-order valence-corrected chi connectivity index (χ4v) is 23.2. The van der Waals surface area contributed by atoms with E-state index < -0.39 is 0 Å². The van der Waals surface area contributed by atoms with Crippen LogP contribution in [0.5, 0.6) is 0 Å². The van der Waals surface area contributed by atoms with Crippen LogP contribution in [0, 0.1) is 6.92 Å². The van der Waals surface area contributed by atoms with E-state index in [1.807, 2.05) is 78.1 Å². The Morgan fingerprint density at radius 3 is 0.942 bits per heavy atom. The van der Waals surface area contributed by atoms with Gasteiger partial charge in [0.05, 0.1) is 50.2 Å². The molecule has 0 saturated heterocycles. The molecule has 26 aromatic rings. The number of thiophene rings is 2. The maximum absolute atomic E-state index is 4.32. The van der Waals surface area contributed by atoms with Gasteiger partial charge in [0.15, 0.2) is 0 Å². The summed E-state index contributed by atoms with van der Waals surface area (Å²) in [5.41, 5.74) is 34.1. The molecule has 8 aromatic heterocycles. The molecule has 11 heteroatoms. The van der Waals surface area contributed by atoms with Crippen LogP contribution in [0.15, 0.2) is 486 Å². The summed E-state index contributed by atoms with van der Waals surface area (Å²) in [6.07, 6.45) is 11.2. The van der Waals surface area contributed by atoms with Crippen LogP contribution in [0.1, 0.15) is 30.5 Å². The van der Waals surface area contributed by atoms with Gasteiger partial charge >= 0.3 is 0 Å². The van der Waals surface area contributed by atoms with E-state index in [1.165, 1.54) is 134 Å². The molecule has 138 heavy (non-hydrogen) atoms. The number of para-hydroxylation sites is 5. The van der Waals surface area contributed by atoms with Crippen LogP contribution in [0.25, 0.3) is 167 Å². The molecule has 654 valence electrons. The number of fused-ring (bicyclic) bond motifs is 18. The summed E-state index contributed by atoms with van der Waals surface area (Å²) < 4.78 is 12.4. The van der Waals surface area contributed by atoms with Gasteiger partial charge in [-0.3, -0.25) is 15.0 Å². The van der Waals surface area contributed by atoms with Crippen LogP contribution in [0.4, 0.5) is 51.2 Å². The molecule has 0 unspecified atom stereocenters. The topological polar surface area (TPSA) is 63.2 Å². The van der Waals surface area contributed by atoms with Gasteiger partial charge < -0.3 is 28.4 Å². The van der Waals surface area contributed by atoms with Crippen molar-refractivity contribution in [3.8, 4) is 61.6 Å². The molecule has 1 aliphatic carbocycles. The molecular weight excluding hydrogens is 1720 g/mol. The van der Waals surface area contributed by atoms with Crippen molar-refractivity contribution in [1.29, 1.82) is 0 Å². The Labute approximate surface area is 807 Å². The molecule has 0 spiro atoms. The van der Waals surface area contributed by atoms with Gasteiger partial charge in [0, 0.05) is 166 Å². The summed E-state index contributed by atoms with van der Waals surface area (Å²) in [4.78, 5) is 20.2. The molecule has 0 aliphatic heterocycles. The van der Waals surface area contributed by atoms with Gasteiger partial charge in [-0.2, -0.15) is 0 Å². The van der Waals surface area contributed by atoms with Gasteiger partial charge in [-0.05, 0) is 269 Å². The molecule has 1 aliphatic rings. The highest BCUT2D eigenvalue weighted by molar-refractivity contribution is 7.26. The lowest BCUT2D eigenvalue weighted by molar-refractivity contribution is 0.660. The van der Waals surface area contributed by atoms with E-state index in [2.05, 4.69) is 495 Å². The van der Waals surface area contributed by atoms with Crippen LogP contribution in [-0.4, -0.2) is 28.7 Å². The van der Waals surface area contributed by atoms with Gasteiger partial charge in [0.2, 0.25) is 0 Å². The number of aromatic nitrogens is 6. The molecule has 0 atom stereocenters. The van der Waals surface area contributed by atoms with E-state index >= 15 is 0 Å². The third-order valence-electron chi connectivity index (χ3n) is 27.5. The Hall–Kier alpha value is -17.4. The van der Waals surface area contributed by atoms with Gasteiger partial charge in [-0.1, -0.05) is 262 Å². The highest BCUT2D eigenvalue weighted by Gasteiger charge is 2.37. The highest BCUT2D eigenvalue weighted by Crippen LogP contribution is 2.54. The van der Waals surface area contributed by atoms with E-state index in [4.69, 9.17) is 0 Å². The second kappa shape index (κ2) is 34.6. The molecule has 0 N–H and O–H groups in total. The van der Waals surface area contributed by atoms with Gasteiger partial charge in [0.25, 0.3) is 0 Å². The molecule has 18 aromatic carbocycles. The Bertz CT molecular complexity index is 9100. The number of pyridine rings is 3. The minimum atomic E-state index is -0.0890. The van der Waals surface area contributed by atoms with Gasteiger partial charge in [0.1, 0.15) is 0 Å². The van der Waals surface area contributed by atoms with Crippen LogP contribution in [0.2, 0.25) is 0 Å². The van der Waals surface area contributed by atoms with Crippen molar-refractivity contribution >= 4 is 180 Å². The Kier molecular flexibility index (Phi) is 20.7. The average Bonchev–Trinajstić information content (AvgIpc) is 1.58. The van der Waals surface area contributed by atoms with Crippen LogP contribution >= 0.6 is 22.7 Å². The largest absolute Gasteiger partial charge is 0.310 e.